The number of rotatable bonds is 4. The van der Waals surface area contributed by atoms with Gasteiger partial charge >= 0.3 is 6.09 Å². The fourth-order valence-corrected chi connectivity index (χ4v) is 1.44. The van der Waals surface area contributed by atoms with Gasteiger partial charge in [0, 0.05) is 0 Å². The van der Waals surface area contributed by atoms with Crippen LogP contribution in [0.25, 0.3) is 0 Å². The monoisotopic (exact) mass is 267 g/mol. The van der Waals surface area contributed by atoms with Crippen molar-refractivity contribution in [2.75, 3.05) is 13.7 Å². The Kier molecular flexibility index (Phi) is 5.18. The number of nitrogens with one attached hydrogen (secondary N) is 1. The summed E-state index contributed by atoms with van der Waals surface area (Å²) in [4.78, 5) is 11.4. The van der Waals surface area contributed by atoms with Gasteiger partial charge in [-0.25, -0.2) is 4.79 Å². The standard InChI is InChI=1S/C14H21NO4/c1-14(2,3)19-13(17)15-9-12(16)10-5-7-11(18-4)8-6-10/h5-8,12,16H,9H2,1-4H3,(H,15,17). The number of alkyl carbamates (subject to hydrolysis) is 1. The molecule has 0 saturated heterocycles. The summed E-state index contributed by atoms with van der Waals surface area (Å²) in [5, 5.41) is 12.4. The van der Waals surface area contributed by atoms with Crippen LogP contribution >= 0.6 is 0 Å². The molecule has 1 atom stereocenters. The number of methoxy groups -OCH3 is 1. The van der Waals surface area contributed by atoms with Gasteiger partial charge in [0.2, 0.25) is 0 Å². The maximum absolute atomic E-state index is 11.4. The summed E-state index contributed by atoms with van der Waals surface area (Å²) in [5.41, 5.74) is 0.159. The van der Waals surface area contributed by atoms with Crippen molar-refractivity contribution in [2.24, 2.45) is 0 Å². The number of hydrogen-bond acceptors (Lipinski definition) is 4. The molecule has 1 aromatic carbocycles. The molecule has 1 rings (SSSR count). The summed E-state index contributed by atoms with van der Waals surface area (Å²) in [7, 11) is 1.58. The molecule has 0 heterocycles. The second kappa shape index (κ2) is 6.43. The summed E-state index contributed by atoms with van der Waals surface area (Å²) in [6.07, 6.45) is -1.32. The molecule has 0 aliphatic heterocycles. The van der Waals surface area contributed by atoms with Crippen LogP contribution in [0.15, 0.2) is 24.3 Å². The van der Waals surface area contributed by atoms with Gasteiger partial charge in [0.1, 0.15) is 11.4 Å². The molecule has 0 bridgehead atoms. The molecule has 0 aliphatic carbocycles. The highest BCUT2D eigenvalue weighted by atomic mass is 16.6. The van der Waals surface area contributed by atoms with Gasteiger partial charge < -0.3 is 19.9 Å². The normalized spacial score (nSPS) is 12.7. The summed E-state index contributed by atoms with van der Waals surface area (Å²) < 4.78 is 10.1. The lowest BCUT2D eigenvalue weighted by Crippen LogP contribution is -2.34. The van der Waals surface area contributed by atoms with Gasteiger partial charge in [-0.2, -0.15) is 0 Å². The first-order chi connectivity index (χ1) is 8.81. The van der Waals surface area contributed by atoms with E-state index in [1.807, 2.05) is 0 Å². The lowest BCUT2D eigenvalue weighted by atomic mass is 10.1. The molecule has 1 amide bonds. The van der Waals surface area contributed by atoms with Gasteiger partial charge in [0.25, 0.3) is 0 Å². The largest absolute Gasteiger partial charge is 0.497 e. The van der Waals surface area contributed by atoms with E-state index in [0.29, 0.717) is 5.56 Å². The molecule has 0 aromatic heterocycles. The molecule has 2 N–H and O–H groups in total. The highest BCUT2D eigenvalue weighted by Gasteiger charge is 2.17. The minimum Gasteiger partial charge on any atom is -0.497 e. The van der Waals surface area contributed by atoms with Crippen LogP contribution in [0.1, 0.15) is 32.4 Å². The predicted octanol–water partition coefficient (Wildman–Crippen LogP) is 2.25. The summed E-state index contributed by atoms with van der Waals surface area (Å²) in [6.45, 7) is 5.45. The Labute approximate surface area is 113 Å². The van der Waals surface area contributed by atoms with Gasteiger partial charge in [0.15, 0.2) is 0 Å². The van der Waals surface area contributed by atoms with E-state index in [1.165, 1.54) is 0 Å². The van der Waals surface area contributed by atoms with Crippen LogP contribution in [-0.4, -0.2) is 30.5 Å². The molecule has 0 spiro atoms. The highest BCUT2D eigenvalue weighted by Crippen LogP contribution is 2.17. The number of aliphatic hydroxyl groups excluding tert-OH is 1. The number of benzene rings is 1. The topological polar surface area (TPSA) is 67.8 Å². The summed E-state index contributed by atoms with van der Waals surface area (Å²) in [6, 6.07) is 7.01. The number of carbonyl (C=O) groups is 1. The fraction of sp³-hybridized carbons (Fsp3) is 0.500. The van der Waals surface area contributed by atoms with Crippen molar-refractivity contribution < 1.29 is 19.4 Å². The molecule has 0 saturated carbocycles. The van der Waals surface area contributed by atoms with Crippen LogP contribution in [-0.2, 0) is 4.74 Å². The Morgan fingerprint density at radius 1 is 1.32 bits per heavy atom. The third kappa shape index (κ3) is 5.61. The smallest absolute Gasteiger partial charge is 0.407 e. The van der Waals surface area contributed by atoms with E-state index in [4.69, 9.17) is 9.47 Å². The van der Waals surface area contributed by atoms with E-state index in [-0.39, 0.29) is 6.54 Å². The van der Waals surface area contributed by atoms with Crippen LogP contribution in [0, 0.1) is 0 Å². The van der Waals surface area contributed by atoms with Crippen LogP contribution in [0.5, 0.6) is 5.75 Å². The van der Waals surface area contributed by atoms with Crippen molar-refractivity contribution in [3.63, 3.8) is 0 Å². The zero-order chi connectivity index (χ0) is 14.5. The lowest BCUT2D eigenvalue weighted by molar-refractivity contribution is 0.0492. The Morgan fingerprint density at radius 2 is 1.89 bits per heavy atom. The number of amides is 1. The van der Waals surface area contributed by atoms with Gasteiger partial charge in [0.05, 0.1) is 19.8 Å². The molecule has 0 fully saturated rings. The van der Waals surface area contributed by atoms with Gasteiger partial charge in [-0.15, -0.1) is 0 Å². The molecule has 1 unspecified atom stereocenters. The van der Waals surface area contributed by atoms with Crippen LogP contribution in [0.3, 0.4) is 0 Å². The SMILES string of the molecule is COc1ccc(C(O)CNC(=O)OC(C)(C)C)cc1. The zero-order valence-corrected chi connectivity index (χ0v) is 11.8. The van der Waals surface area contributed by atoms with E-state index < -0.39 is 17.8 Å². The third-order valence-corrected chi connectivity index (χ3v) is 2.34. The number of carbonyl (C=O) groups excluding carboxylic acids is 1. The highest BCUT2D eigenvalue weighted by molar-refractivity contribution is 5.67. The zero-order valence-electron chi connectivity index (χ0n) is 11.8. The van der Waals surface area contributed by atoms with Crippen molar-refractivity contribution in [2.45, 2.75) is 32.5 Å². The van der Waals surface area contributed by atoms with Gasteiger partial charge in [-0.3, -0.25) is 0 Å². The number of ether oxygens (including phenoxy) is 2. The van der Waals surface area contributed by atoms with Crippen LogP contribution < -0.4 is 10.1 Å². The molecule has 106 valence electrons. The Morgan fingerprint density at radius 3 is 2.37 bits per heavy atom. The quantitative estimate of drug-likeness (QED) is 0.878. The van der Waals surface area contributed by atoms with Gasteiger partial charge in [-0.05, 0) is 38.5 Å². The van der Waals surface area contributed by atoms with Crippen molar-refractivity contribution in [3.05, 3.63) is 29.8 Å². The first kappa shape index (κ1) is 15.3. The molecule has 5 heteroatoms. The molecule has 0 radical (unpaired) electrons. The second-order valence-corrected chi connectivity index (χ2v) is 5.17. The molecule has 0 aliphatic rings. The molecular formula is C14H21NO4. The summed E-state index contributed by atoms with van der Waals surface area (Å²) >= 11 is 0. The predicted molar refractivity (Wildman–Crippen MR) is 72.2 cm³/mol. The summed E-state index contributed by atoms with van der Waals surface area (Å²) in [5.74, 6) is 0.719. The average Bonchev–Trinajstić information content (AvgIpc) is 2.34. The van der Waals surface area contributed by atoms with E-state index in [9.17, 15) is 9.90 Å². The fourth-order valence-electron chi connectivity index (χ4n) is 1.44. The number of aliphatic hydroxyl groups is 1. The molecule has 19 heavy (non-hydrogen) atoms. The van der Waals surface area contributed by atoms with Crippen molar-refractivity contribution in [1.82, 2.24) is 5.32 Å². The minimum absolute atomic E-state index is 0.0985. The van der Waals surface area contributed by atoms with Crippen molar-refractivity contribution in [3.8, 4) is 5.75 Å². The second-order valence-electron chi connectivity index (χ2n) is 5.17. The molecular weight excluding hydrogens is 246 g/mol. The van der Waals surface area contributed by atoms with E-state index in [0.717, 1.165) is 5.75 Å². The van der Waals surface area contributed by atoms with E-state index in [1.54, 1.807) is 52.1 Å². The Balaban J connectivity index is 2.46. The van der Waals surface area contributed by atoms with Crippen molar-refractivity contribution >= 4 is 6.09 Å². The minimum atomic E-state index is -0.779. The molecule has 1 aromatic rings. The third-order valence-electron chi connectivity index (χ3n) is 2.34. The van der Waals surface area contributed by atoms with Crippen LogP contribution in [0.2, 0.25) is 0 Å². The first-order valence-electron chi connectivity index (χ1n) is 6.10. The Bertz CT molecular complexity index is 408. The van der Waals surface area contributed by atoms with E-state index in [2.05, 4.69) is 5.32 Å². The maximum Gasteiger partial charge on any atom is 0.407 e. The van der Waals surface area contributed by atoms with Crippen LogP contribution in [0.4, 0.5) is 4.79 Å². The Hall–Kier alpha value is -1.75. The van der Waals surface area contributed by atoms with E-state index >= 15 is 0 Å². The van der Waals surface area contributed by atoms with Crippen molar-refractivity contribution in [1.29, 1.82) is 0 Å². The van der Waals surface area contributed by atoms with Gasteiger partial charge in [-0.1, -0.05) is 12.1 Å². The molecule has 5 nitrogen and oxygen atoms in total. The first-order valence-corrected chi connectivity index (χ1v) is 6.10. The average molecular weight is 267 g/mol. The lowest BCUT2D eigenvalue weighted by Gasteiger charge is -2.20. The maximum atomic E-state index is 11.4. The number of hydrogen-bond donors (Lipinski definition) is 2.